The first-order valence-corrected chi connectivity index (χ1v) is 13.8. The van der Waals surface area contributed by atoms with Gasteiger partial charge in [-0.25, -0.2) is 9.18 Å². The van der Waals surface area contributed by atoms with Crippen molar-refractivity contribution in [2.75, 3.05) is 0 Å². The topological polar surface area (TPSA) is 30.2 Å². The van der Waals surface area contributed by atoms with Crippen LogP contribution in [0.25, 0.3) is 21.7 Å². The van der Waals surface area contributed by atoms with Gasteiger partial charge in [-0.1, -0.05) is 89.5 Å². The van der Waals surface area contributed by atoms with Crippen molar-refractivity contribution in [2.24, 2.45) is 5.92 Å². The first-order chi connectivity index (χ1) is 16.6. The van der Waals surface area contributed by atoms with Crippen LogP contribution in [0.15, 0.2) is 39.5 Å². The first kappa shape index (κ1) is 24.9. The average Bonchev–Trinajstić information content (AvgIpc) is 2.86. The van der Waals surface area contributed by atoms with Gasteiger partial charge in [-0.05, 0) is 67.6 Å². The summed E-state index contributed by atoms with van der Waals surface area (Å²) in [5.41, 5.74) is 1.55. The second-order valence-corrected chi connectivity index (χ2v) is 10.5. The zero-order chi connectivity index (χ0) is 23.9. The fraction of sp³-hybridized carbons (Fsp3) is 0.581. The molecular weight excluding hydrogens is 423 g/mol. The Balaban J connectivity index is 1.44. The van der Waals surface area contributed by atoms with Crippen molar-refractivity contribution in [3.8, 4) is 0 Å². The third kappa shape index (κ3) is 5.73. The van der Waals surface area contributed by atoms with Crippen molar-refractivity contribution in [2.45, 2.75) is 110 Å². The molecule has 1 aliphatic rings. The van der Waals surface area contributed by atoms with Crippen molar-refractivity contribution >= 4 is 21.7 Å². The van der Waals surface area contributed by atoms with Gasteiger partial charge in [0.1, 0.15) is 0 Å². The molecule has 34 heavy (non-hydrogen) atoms. The van der Waals surface area contributed by atoms with Gasteiger partial charge in [0.15, 0.2) is 11.4 Å². The van der Waals surface area contributed by atoms with Crippen LogP contribution in [-0.4, -0.2) is 0 Å². The Kier molecular flexibility index (Phi) is 8.80. The third-order valence-electron chi connectivity index (χ3n) is 8.01. The summed E-state index contributed by atoms with van der Waals surface area (Å²) in [5, 5.41) is 2.08. The molecule has 0 N–H and O–H groups in total. The summed E-state index contributed by atoms with van der Waals surface area (Å²) in [7, 11) is 0. The molecule has 184 valence electrons. The highest BCUT2D eigenvalue weighted by molar-refractivity contribution is 6.04. The molecule has 2 aromatic carbocycles. The smallest absolute Gasteiger partial charge is 0.344 e. The summed E-state index contributed by atoms with van der Waals surface area (Å²) in [6, 6.07) is 9.95. The van der Waals surface area contributed by atoms with Crippen molar-refractivity contribution in [3.63, 3.8) is 0 Å². The molecule has 0 aliphatic heterocycles. The van der Waals surface area contributed by atoms with E-state index < -0.39 is 5.63 Å². The van der Waals surface area contributed by atoms with E-state index in [2.05, 4.69) is 19.9 Å². The second kappa shape index (κ2) is 12.0. The van der Waals surface area contributed by atoms with E-state index in [1.54, 1.807) is 0 Å². The van der Waals surface area contributed by atoms with Crippen LogP contribution in [0.1, 0.15) is 114 Å². The van der Waals surface area contributed by atoms with E-state index in [9.17, 15) is 4.79 Å². The molecule has 1 heterocycles. The minimum atomic E-state index is -0.423. The molecule has 0 bridgehead atoms. The lowest BCUT2D eigenvalue weighted by atomic mass is 9.76. The van der Waals surface area contributed by atoms with Crippen LogP contribution < -0.4 is 5.63 Å². The predicted octanol–water partition coefficient (Wildman–Crippen LogP) is 9.45. The minimum Gasteiger partial charge on any atom is -0.419 e. The Morgan fingerprint density at radius 1 is 0.824 bits per heavy atom. The predicted molar refractivity (Wildman–Crippen MR) is 141 cm³/mol. The Morgan fingerprint density at radius 2 is 1.53 bits per heavy atom. The molecule has 1 aromatic heterocycles. The molecule has 3 heteroatoms. The van der Waals surface area contributed by atoms with Crippen molar-refractivity contribution in [3.05, 3.63) is 57.7 Å². The lowest BCUT2D eigenvalue weighted by Crippen LogP contribution is -2.14. The molecule has 3 aromatic rings. The molecule has 0 saturated heterocycles. The van der Waals surface area contributed by atoms with Gasteiger partial charge >= 0.3 is 5.63 Å². The highest BCUT2D eigenvalue weighted by Crippen LogP contribution is 2.39. The van der Waals surface area contributed by atoms with Gasteiger partial charge in [0.25, 0.3) is 0 Å². The summed E-state index contributed by atoms with van der Waals surface area (Å²) in [6.45, 7) is 4.36. The van der Waals surface area contributed by atoms with Crippen LogP contribution >= 0.6 is 0 Å². The van der Waals surface area contributed by atoms with E-state index in [1.807, 2.05) is 24.3 Å². The van der Waals surface area contributed by atoms with Gasteiger partial charge in [0, 0.05) is 10.8 Å². The average molecular weight is 465 g/mol. The van der Waals surface area contributed by atoms with E-state index >= 15 is 4.39 Å². The van der Waals surface area contributed by atoms with Crippen molar-refractivity contribution in [1.29, 1.82) is 0 Å². The van der Waals surface area contributed by atoms with Gasteiger partial charge in [-0.3, -0.25) is 0 Å². The largest absolute Gasteiger partial charge is 0.419 e. The highest BCUT2D eigenvalue weighted by atomic mass is 19.1. The number of fused-ring (bicyclic) bond motifs is 3. The van der Waals surface area contributed by atoms with E-state index in [0.29, 0.717) is 28.7 Å². The summed E-state index contributed by atoms with van der Waals surface area (Å²) < 4.78 is 20.6. The van der Waals surface area contributed by atoms with Gasteiger partial charge in [-0.2, -0.15) is 0 Å². The normalized spacial score (nSPS) is 18.7. The van der Waals surface area contributed by atoms with Crippen LogP contribution in [-0.2, 0) is 6.42 Å². The Labute approximate surface area is 203 Å². The maximum absolute atomic E-state index is 15.0. The van der Waals surface area contributed by atoms with E-state index in [4.69, 9.17) is 4.42 Å². The molecule has 4 rings (SSSR count). The van der Waals surface area contributed by atoms with E-state index in [-0.39, 0.29) is 11.4 Å². The maximum Gasteiger partial charge on any atom is 0.344 e. The van der Waals surface area contributed by atoms with Crippen LogP contribution in [0.3, 0.4) is 0 Å². The highest BCUT2D eigenvalue weighted by Gasteiger charge is 2.23. The summed E-state index contributed by atoms with van der Waals surface area (Å²) in [4.78, 5) is 12.8. The quantitative estimate of drug-likeness (QED) is 0.161. The molecule has 0 radical (unpaired) electrons. The summed E-state index contributed by atoms with van der Waals surface area (Å²) in [5.74, 6) is 0.993. The Bertz CT molecular complexity index is 1140. The van der Waals surface area contributed by atoms with Gasteiger partial charge in [0.2, 0.25) is 0 Å². The van der Waals surface area contributed by atoms with Crippen LogP contribution in [0.4, 0.5) is 4.39 Å². The first-order valence-electron chi connectivity index (χ1n) is 13.8. The molecule has 2 nitrogen and oxygen atoms in total. The molecule has 0 amide bonds. The molecule has 0 atom stereocenters. The zero-order valence-corrected chi connectivity index (χ0v) is 21.1. The van der Waals surface area contributed by atoms with E-state index in [1.165, 1.54) is 76.2 Å². The standard InChI is InChI=1S/C31H41FO2/c1-3-5-7-8-9-10-11-22-13-15-23(16-14-22)25-18-19-26-27-20-17-24(12-6-4-2)29(32)30(27)34-31(33)28(26)21-25/h17-23H,3-16H2,1-2H3. The number of unbranched alkanes of at least 4 members (excludes halogenated alkanes) is 6. The number of aryl methyl sites for hydroxylation is 1. The molecule has 0 unspecified atom stereocenters. The lowest BCUT2D eigenvalue weighted by molar-refractivity contribution is 0.302. The van der Waals surface area contributed by atoms with Crippen LogP contribution in [0.2, 0.25) is 0 Å². The minimum absolute atomic E-state index is 0.106. The fourth-order valence-electron chi connectivity index (χ4n) is 5.83. The Hall–Kier alpha value is -2.16. The Morgan fingerprint density at radius 3 is 2.29 bits per heavy atom. The molecule has 0 spiro atoms. The molecule has 1 fully saturated rings. The number of hydrogen-bond donors (Lipinski definition) is 0. The number of hydrogen-bond acceptors (Lipinski definition) is 2. The van der Waals surface area contributed by atoms with Crippen molar-refractivity contribution in [1.82, 2.24) is 0 Å². The van der Waals surface area contributed by atoms with Gasteiger partial charge in [-0.15, -0.1) is 0 Å². The van der Waals surface area contributed by atoms with Crippen molar-refractivity contribution < 1.29 is 8.81 Å². The lowest BCUT2D eigenvalue weighted by Gasteiger charge is -2.29. The zero-order valence-electron chi connectivity index (χ0n) is 21.1. The maximum atomic E-state index is 15.0. The van der Waals surface area contributed by atoms with E-state index in [0.717, 1.165) is 24.1 Å². The second-order valence-electron chi connectivity index (χ2n) is 10.5. The fourth-order valence-corrected chi connectivity index (χ4v) is 5.83. The third-order valence-corrected chi connectivity index (χ3v) is 8.01. The SMILES string of the molecule is CCCCCCCCC1CCC(c2ccc3c(c2)c(=O)oc2c(F)c(CCCC)ccc23)CC1. The summed E-state index contributed by atoms with van der Waals surface area (Å²) >= 11 is 0. The monoisotopic (exact) mass is 464 g/mol. The molecule has 1 saturated carbocycles. The molecule has 1 aliphatic carbocycles. The van der Waals surface area contributed by atoms with Crippen LogP contribution in [0, 0.1) is 11.7 Å². The van der Waals surface area contributed by atoms with Crippen LogP contribution in [0.5, 0.6) is 0 Å². The molecular formula is C31H41FO2. The summed E-state index contributed by atoms with van der Waals surface area (Å²) in [6.07, 6.45) is 17.2. The number of rotatable bonds is 11. The number of benzene rings is 2. The number of halogens is 1. The van der Waals surface area contributed by atoms with Gasteiger partial charge < -0.3 is 4.42 Å². The van der Waals surface area contributed by atoms with Gasteiger partial charge in [0.05, 0.1) is 5.39 Å².